The monoisotopic (exact) mass is 349 g/mol. The number of methoxy groups -OCH3 is 1. The summed E-state index contributed by atoms with van der Waals surface area (Å²) < 4.78 is 11.5. The average Bonchev–Trinajstić information content (AvgIpc) is 3.02. The molecule has 2 heterocycles. The first-order valence-corrected chi connectivity index (χ1v) is 8.51. The van der Waals surface area contributed by atoms with Crippen molar-refractivity contribution < 1.29 is 19.1 Å². The standard InChI is InChI=1S/C21H19NO4/c1-11-8-9-12(2)18-17(11)14(21(23)24)10-15(22-18)20-19(25-3)13-6-4-5-7-16(13)26-20/h4-7,10H,8-9H2,1-3H3,(H,23,24). The van der Waals surface area contributed by atoms with Gasteiger partial charge in [0, 0.05) is 5.22 Å². The molecule has 0 saturated carbocycles. The van der Waals surface area contributed by atoms with Gasteiger partial charge < -0.3 is 14.3 Å². The van der Waals surface area contributed by atoms with Crippen molar-refractivity contribution in [3.63, 3.8) is 0 Å². The van der Waals surface area contributed by atoms with Gasteiger partial charge in [-0.05, 0) is 50.5 Å². The molecule has 1 aliphatic carbocycles. The van der Waals surface area contributed by atoms with Gasteiger partial charge in [-0.15, -0.1) is 0 Å². The fraction of sp³-hybridized carbons (Fsp3) is 0.238. The predicted molar refractivity (Wildman–Crippen MR) is 99.6 cm³/mol. The van der Waals surface area contributed by atoms with Crippen LogP contribution in [-0.2, 0) is 0 Å². The molecule has 1 aromatic carbocycles. The molecule has 5 nitrogen and oxygen atoms in total. The number of furan rings is 1. The van der Waals surface area contributed by atoms with Crippen LogP contribution in [0, 0.1) is 0 Å². The van der Waals surface area contributed by atoms with E-state index in [-0.39, 0.29) is 5.56 Å². The number of fused-ring (bicyclic) bond motifs is 2. The number of pyridine rings is 1. The number of carboxylic acids is 1. The fourth-order valence-electron chi connectivity index (χ4n) is 3.58. The van der Waals surface area contributed by atoms with Crippen LogP contribution in [0.3, 0.4) is 0 Å². The molecule has 2 aromatic heterocycles. The summed E-state index contributed by atoms with van der Waals surface area (Å²) in [7, 11) is 1.58. The Labute approximate surface area is 150 Å². The Morgan fingerprint density at radius 2 is 1.92 bits per heavy atom. The number of hydrogen-bond acceptors (Lipinski definition) is 4. The summed E-state index contributed by atoms with van der Waals surface area (Å²) in [5.74, 6) is 0.0580. The summed E-state index contributed by atoms with van der Waals surface area (Å²) in [6, 6.07) is 9.14. The number of aromatic nitrogens is 1. The first-order valence-electron chi connectivity index (χ1n) is 8.51. The number of aromatic carboxylic acids is 1. The molecule has 4 rings (SSSR count). The number of nitrogens with zero attached hydrogens (tertiary/aromatic N) is 1. The van der Waals surface area contributed by atoms with Crippen LogP contribution in [0.4, 0.5) is 0 Å². The lowest BCUT2D eigenvalue weighted by atomic mass is 9.95. The Kier molecular flexibility index (Phi) is 3.80. The van der Waals surface area contributed by atoms with Crippen LogP contribution in [0.2, 0.25) is 0 Å². The molecule has 0 bridgehead atoms. The van der Waals surface area contributed by atoms with Gasteiger partial charge in [0.15, 0.2) is 11.5 Å². The molecule has 3 aromatic rings. The van der Waals surface area contributed by atoms with Crippen LogP contribution < -0.4 is 15.3 Å². The van der Waals surface area contributed by atoms with E-state index in [4.69, 9.17) is 14.1 Å². The summed E-state index contributed by atoms with van der Waals surface area (Å²) in [5, 5.41) is 12.1. The number of ether oxygens (including phenoxy) is 1. The van der Waals surface area contributed by atoms with Crippen LogP contribution in [0.25, 0.3) is 33.6 Å². The quantitative estimate of drug-likeness (QED) is 0.785. The van der Waals surface area contributed by atoms with E-state index >= 15 is 0 Å². The zero-order valence-corrected chi connectivity index (χ0v) is 14.9. The van der Waals surface area contributed by atoms with E-state index in [0.717, 1.165) is 39.9 Å². The van der Waals surface area contributed by atoms with Crippen molar-refractivity contribution in [1.82, 2.24) is 4.98 Å². The van der Waals surface area contributed by atoms with Gasteiger partial charge in [0.2, 0.25) is 0 Å². The van der Waals surface area contributed by atoms with Gasteiger partial charge in [-0.2, -0.15) is 0 Å². The largest absolute Gasteiger partial charge is 0.492 e. The summed E-state index contributed by atoms with van der Waals surface area (Å²) >= 11 is 0. The average molecular weight is 349 g/mol. The minimum atomic E-state index is -0.964. The highest BCUT2D eigenvalue weighted by atomic mass is 16.5. The molecule has 0 radical (unpaired) electrons. The third-order valence-electron chi connectivity index (χ3n) is 4.94. The molecule has 0 atom stereocenters. The maximum atomic E-state index is 11.9. The van der Waals surface area contributed by atoms with Gasteiger partial charge in [0.1, 0.15) is 11.3 Å². The van der Waals surface area contributed by atoms with Crippen molar-refractivity contribution in [3.05, 3.63) is 46.5 Å². The SMILES string of the molecule is COc1c(-c2cc(C(=O)O)c3c(n2)=C(C)CCC=3C)oc2ccccc12. The smallest absolute Gasteiger partial charge is 0.336 e. The lowest BCUT2D eigenvalue weighted by Gasteiger charge is -2.13. The second kappa shape index (κ2) is 6.02. The van der Waals surface area contributed by atoms with E-state index in [9.17, 15) is 9.90 Å². The van der Waals surface area contributed by atoms with Crippen LogP contribution in [0.15, 0.2) is 34.7 Å². The van der Waals surface area contributed by atoms with E-state index in [1.807, 2.05) is 38.1 Å². The summed E-state index contributed by atoms with van der Waals surface area (Å²) in [4.78, 5) is 16.7. The van der Waals surface area contributed by atoms with Gasteiger partial charge >= 0.3 is 5.97 Å². The molecule has 0 unspecified atom stereocenters. The zero-order chi connectivity index (χ0) is 18.4. The predicted octanol–water partition coefficient (Wildman–Crippen LogP) is 3.34. The van der Waals surface area contributed by atoms with Crippen molar-refractivity contribution in [2.75, 3.05) is 7.11 Å². The highest BCUT2D eigenvalue weighted by Gasteiger charge is 2.22. The highest BCUT2D eigenvalue weighted by Crippen LogP contribution is 2.38. The lowest BCUT2D eigenvalue weighted by molar-refractivity contribution is 0.0695. The van der Waals surface area contributed by atoms with E-state index in [0.29, 0.717) is 22.8 Å². The molecular formula is C21H19NO4. The Morgan fingerprint density at radius 3 is 2.65 bits per heavy atom. The minimum absolute atomic E-state index is 0.254. The molecule has 132 valence electrons. The Hall–Kier alpha value is -3.08. The third kappa shape index (κ3) is 2.39. The Bertz CT molecular complexity index is 1170. The summed E-state index contributed by atoms with van der Waals surface area (Å²) in [5.41, 5.74) is 3.55. The maximum absolute atomic E-state index is 11.9. The van der Waals surface area contributed by atoms with Gasteiger partial charge in [-0.1, -0.05) is 17.7 Å². The number of benzene rings is 1. The number of rotatable bonds is 3. The summed E-state index contributed by atoms with van der Waals surface area (Å²) in [6.45, 7) is 3.98. The van der Waals surface area contributed by atoms with E-state index in [2.05, 4.69) is 0 Å². The molecule has 5 heteroatoms. The molecule has 0 spiro atoms. The molecule has 0 amide bonds. The second-order valence-electron chi connectivity index (χ2n) is 6.61. The third-order valence-corrected chi connectivity index (χ3v) is 4.94. The van der Waals surface area contributed by atoms with Crippen molar-refractivity contribution in [2.24, 2.45) is 0 Å². The van der Waals surface area contributed by atoms with Crippen LogP contribution in [-0.4, -0.2) is 23.2 Å². The molecule has 1 N–H and O–H groups in total. The second-order valence-corrected chi connectivity index (χ2v) is 6.61. The first kappa shape index (κ1) is 16.4. The Balaban J connectivity index is 2.11. The lowest BCUT2D eigenvalue weighted by Crippen LogP contribution is -2.39. The van der Waals surface area contributed by atoms with E-state index in [1.54, 1.807) is 13.2 Å². The van der Waals surface area contributed by atoms with Crippen molar-refractivity contribution in [2.45, 2.75) is 26.7 Å². The maximum Gasteiger partial charge on any atom is 0.336 e. The molecule has 1 aliphatic rings. The van der Waals surface area contributed by atoms with E-state index in [1.165, 1.54) is 0 Å². The minimum Gasteiger partial charge on any atom is -0.492 e. The topological polar surface area (TPSA) is 72.6 Å². The molecule has 0 saturated heterocycles. The van der Waals surface area contributed by atoms with Gasteiger partial charge in [-0.25, -0.2) is 9.78 Å². The van der Waals surface area contributed by atoms with Crippen molar-refractivity contribution in [3.8, 4) is 17.2 Å². The van der Waals surface area contributed by atoms with Crippen molar-refractivity contribution in [1.29, 1.82) is 0 Å². The van der Waals surface area contributed by atoms with Gasteiger partial charge in [-0.3, -0.25) is 0 Å². The molecular weight excluding hydrogens is 330 g/mol. The van der Waals surface area contributed by atoms with Crippen LogP contribution in [0.1, 0.15) is 37.0 Å². The Morgan fingerprint density at radius 1 is 1.19 bits per heavy atom. The number of hydrogen-bond donors (Lipinski definition) is 1. The summed E-state index contributed by atoms with van der Waals surface area (Å²) in [6.07, 6.45) is 1.74. The molecule has 0 aliphatic heterocycles. The number of carbonyl (C=O) groups is 1. The normalized spacial score (nSPS) is 13.8. The zero-order valence-electron chi connectivity index (χ0n) is 14.9. The van der Waals surface area contributed by atoms with Crippen LogP contribution in [0.5, 0.6) is 5.75 Å². The fourth-order valence-corrected chi connectivity index (χ4v) is 3.58. The van der Waals surface area contributed by atoms with E-state index < -0.39 is 5.97 Å². The van der Waals surface area contributed by atoms with Gasteiger partial charge in [0.05, 0.1) is 23.4 Å². The molecule has 0 fully saturated rings. The number of carboxylic acid groups (broad SMARTS) is 1. The van der Waals surface area contributed by atoms with Gasteiger partial charge in [0.25, 0.3) is 0 Å². The number of para-hydroxylation sites is 1. The first-order chi connectivity index (χ1) is 12.5. The molecule has 26 heavy (non-hydrogen) atoms. The van der Waals surface area contributed by atoms with Crippen LogP contribution >= 0.6 is 0 Å². The van der Waals surface area contributed by atoms with Crippen molar-refractivity contribution >= 4 is 28.1 Å². The highest BCUT2D eigenvalue weighted by molar-refractivity contribution is 5.93.